The summed E-state index contributed by atoms with van der Waals surface area (Å²) in [7, 11) is 3.22. The second-order valence-corrected chi connectivity index (χ2v) is 10.1. The number of methoxy groups -OCH3 is 2. The fourth-order valence-electron chi connectivity index (χ4n) is 3.75. The number of amides is 2. The molecule has 2 amide bonds. The number of aliphatic imine (C=N–C) groups is 1. The third-order valence-corrected chi connectivity index (χ3v) is 7.55. The summed E-state index contributed by atoms with van der Waals surface area (Å²) in [6.07, 6.45) is 0.705. The van der Waals surface area contributed by atoms with E-state index in [4.69, 9.17) is 26.1 Å². The molecule has 4 rings (SSSR count). The third kappa shape index (κ3) is 6.84. The van der Waals surface area contributed by atoms with Crippen LogP contribution < -0.4 is 14.8 Å². The summed E-state index contributed by atoms with van der Waals surface area (Å²) in [6.45, 7) is 2.33. The Bertz CT molecular complexity index is 1300. The molecular weight excluding hydrogens is 510 g/mol. The summed E-state index contributed by atoms with van der Waals surface area (Å²) >= 11 is 7.49. The molecule has 1 aliphatic rings. The van der Waals surface area contributed by atoms with Crippen LogP contribution in [-0.4, -0.2) is 47.9 Å². The Morgan fingerprint density at radius 1 is 1.05 bits per heavy atom. The van der Waals surface area contributed by atoms with Gasteiger partial charge in [0.2, 0.25) is 11.8 Å². The second-order valence-electron chi connectivity index (χ2n) is 8.50. The van der Waals surface area contributed by atoms with E-state index in [-0.39, 0.29) is 18.2 Å². The van der Waals surface area contributed by atoms with E-state index >= 15 is 0 Å². The average Bonchev–Trinajstić information content (AvgIpc) is 2.91. The molecule has 1 aliphatic heterocycles. The molecule has 0 spiro atoms. The summed E-state index contributed by atoms with van der Waals surface area (Å²) in [4.78, 5) is 32.8. The maximum absolute atomic E-state index is 13.3. The van der Waals surface area contributed by atoms with E-state index in [0.29, 0.717) is 40.3 Å². The van der Waals surface area contributed by atoms with Gasteiger partial charge >= 0.3 is 0 Å². The number of hydrogen-bond acceptors (Lipinski definition) is 6. The minimum Gasteiger partial charge on any atom is -0.497 e. The summed E-state index contributed by atoms with van der Waals surface area (Å²) in [6, 6.07) is 20.3. The Morgan fingerprint density at radius 3 is 2.32 bits per heavy atom. The lowest BCUT2D eigenvalue weighted by Gasteiger charge is -2.32. The number of hydrogen-bond donors (Lipinski definition) is 1. The number of benzene rings is 3. The SMILES string of the molecule is COc1ccc(CCN2C(=O)CC(C(=O)Nc3ccc(C)c(Cl)c3)SC2=Nc2ccc(OC)cc2)cc1. The van der Waals surface area contributed by atoms with E-state index in [2.05, 4.69) is 5.32 Å². The molecule has 1 heterocycles. The quantitative estimate of drug-likeness (QED) is 0.389. The summed E-state index contributed by atoms with van der Waals surface area (Å²) in [5.74, 6) is 1.07. The number of aryl methyl sites for hydroxylation is 1. The lowest BCUT2D eigenvalue weighted by atomic mass is 10.1. The summed E-state index contributed by atoms with van der Waals surface area (Å²) in [5.41, 5.74) is 3.24. The fourth-order valence-corrected chi connectivity index (χ4v) is 5.06. The second kappa shape index (κ2) is 12.2. The number of carbonyl (C=O) groups excluding carboxylic acids is 2. The molecule has 0 aromatic heterocycles. The van der Waals surface area contributed by atoms with E-state index in [1.54, 1.807) is 31.3 Å². The highest BCUT2D eigenvalue weighted by Gasteiger charge is 2.35. The van der Waals surface area contributed by atoms with Gasteiger partial charge in [-0.25, -0.2) is 4.99 Å². The molecule has 9 heteroatoms. The largest absolute Gasteiger partial charge is 0.497 e. The Kier molecular flexibility index (Phi) is 8.74. The maximum Gasteiger partial charge on any atom is 0.238 e. The van der Waals surface area contributed by atoms with Crippen LogP contribution in [0.1, 0.15) is 17.5 Å². The van der Waals surface area contributed by atoms with Crippen molar-refractivity contribution in [3.63, 3.8) is 0 Å². The molecule has 0 bridgehead atoms. The summed E-state index contributed by atoms with van der Waals surface area (Å²) < 4.78 is 10.5. The Labute approximate surface area is 225 Å². The van der Waals surface area contributed by atoms with E-state index in [9.17, 15) is 9.59 Å². The van der Waals surface area contributed by atoms with Gasteiger partial charge in [0.05, 0.1) is 19.9 Å². The molecule has 0 saturated carbocycles. The summed E-state index contributed by atoms with van der Waals surface area (Å²) in [5, 5.41) is 3.31. The maximum atomic E-state index is 13.3. The third-order valence-electron chi connectivity index (χ3n) is 5.95. The van der Waals surface area contributed by atoms with Gasteiger partial charge in [-0.15, -0.1) is 0 Å². The molecule has 7 nitrogen and oxygen atoms in total. The minimum absolute atomic E-state index is 0.0698. The number of thioether (sulfide) groups is 1. The van der Waals surface area contributed by atoms with Crippen LogP contribution in [-0.2, 0) is 16.0 Å². The van der Waals surface area contributed by atoms with Gasteiger partial charge in [0.1, 0.15) is 16.7 Å². The van der Waals surface area contributed by atoms with Crippen LogP contribution in [0.15, 0.2) is 71.7 Å². The van der Waals surface area contributed by atoms with Crippen molar-refractivity contribution in [3.8, 4) is 11.5 Å². The highest BCUT2D eigenvalue weighted by Crippen LogP contribution is 2.31. The highest BCUT2D eigenvalue weighted by atomic mass is 35.5. The lowest BCUT2D eigenvalue weighted by molar-refractivity contribution is -0.129. The molecule has 37 heavy (non-hydrogen) atoms. The van der Waals surface area contributed by atoms with Crippen LogP contribution in [0.2, 0.25) is 5.02 Å². The van der Waals surface area contributed by atoms with Gasteiger partial charge in [0.25, 0.3) is 0 Å². The van der Waals surface area contributed by atoms with Crippen LogP contribution >= 0.6 is 23.4 Å². The van der Waals surface area contributed by atoms with Crippen LogP contribution in [0.3, 0.4) is 0 Å². The van der Waals surface area contributed by atoms with Gasteiger partial charge in [0.15, 0.2) is 5.17 Å². The Balaban J connectivity index is 1.54. The van der Waals surface area contributed by atoms with Crippen molar-refractivity contribution in [2.45, 2.75) is 25.0 Å². The zero-order valence-electron chi connectivity index (χ0n) is 20.9. The molecule has 0 radical (unpaired) electrons. The standard InChI is InChI=1S/C28H28ClN3O4S/c1-18-4-7-21(16-24(18)29)30-27(34)25-17-26(33)32(15-14-19-5-10-22(35-2)11-6-19)28(37-25)31-20-8-12-23(36-3)13-9-20/h4-13,16,25H,14-15,17H2,1-3H3,(H,30,34). The number of rotatable bonds is 8. The zero-order valence-corrected chi connectivity index (χ0v) is 22.4. The van der Waals surface area contributed by atoms with Crippen LogP contribution in [0.5, 0.6) is 11.5 Å². The minimum atomic E-state index is -0.623. The Hall–Kier alpha value is -3.49. The predicted octanol–water partition coefficient (Wildman–Crippen LogP) is 5.87. The van der Waals surface area contributed by atoms with Crippen molar-refractivity contribution in [3.05, 3.63) is 82.9 Å². The number of amidine groups is 1. The van der Waals surface area contributed by atoms with Gasteiger partial charge in [-0.3, -0.25) is 14.5 Å². The van der Waals surface area contributed by atoms with Crippen molar-refractivity contribution in [1.82, 2.24) is 4.90 Å². The molecule has 3 aromatic carbocycles. The van der Waals surface area contributed by atoms with Crippen LogP contribution in [0.25, 0.3) is 0 Å². The number of anilines is 1. The molecular formula is C28H28ClN3O4S. The zero-order chi connectivity index (χ0) is 26.4. The fraction of sp³-hybridized carbons (Fsp3) is 0.250. The van der Waals surface area contributed by atoms with Gasteiger partial charge in [0, 0.05) is 23.7 Å². The first kappa shape index (κ1) is 26.6. The van der Waals surface area contributed by atoms with Crippen molar-refractivity contribution in [2.75, 3.05) is 26.1 Å². The number of ether oxygens (including phenoxy) is 2. The van der Waals surface area contributed by atoms with E-state index in [0.717, 1.165) is 16.9 Å². The number of halogens is 1. The van der Waals surface area contributed by atoms with E-state index < -0.39 is 5.25 Å². The number of nitrogens with one attached hydrogen (secondary N) is 1. The topological polar surface area (TPSA) is 80.2 Å². The van der Waals surface area contributed by atoms with Crippen LogP contribution in [0, 0.1) is 6.92 Å². The van der Waals surface area contributed by atoms with Crippen molar-refractivity contribution < 1.29 is 19.1 Å². The highest BCUT2D eigenvalue weighted by molar-refractivity contribution is 8.15. The van der Waals surface area contributed by atoms with Crippen LogP contribution in [0.4, 0.5) is 11.4 Å². The van der Waals surface area contributed by atoms with Gasteiger partial charge < -0.3 is 14.8 Å². The average molecular weight is 538 g/mol. The van der Waals surface area contributed by atoms with Crippen molar-refractivity contribution in [1.29, 1.82) is 0 Å². The molecule has 1 atom stereocenters. The molecule has 0 aliphatic carbocycles. The van der Waals surface area contributed by atoms with Gasteiger partial charge in [-0.05, 0) is 73.0 Å². The van der Waals surface area contributed by atoms with Crippen molar-refractivity contribution in [2.24, 2.45) is 4.99 Å². The normalized spacial score (nSPS) is 16.5. The van der Waals surface area contributed by atoms with E-state index in [1.807, 2.05) is 61.5 Å². The van der Waals surface area contributed by atoms with Crippen molar-refractivity contribution >= 4 is 51.7 Å². The molecule has 3 aromatic rings. The first-order chi connectivity index (χ1) is 17.9. The van der Waals surface area contributed by atoms with Gasteiger partial charge in [-0.2, -0.15) is 0 Å². The first-order valence-electron chi connectivity index (χ1n) is 11.8. The number of carbonyl (C=O) groups is 2. The molecule has 1 saturated heterocycles. The molecule has 1 fully saturated rings. The van der Waals surface area contributed by atoms with Gasteiger partial charge in [-0.1, -0.05) is 41.6 Å². The molecule has 1 unspecified atom stereocenters. The predicted molar refractivity (Wildman–Crippen MR) is 149 cm³/mol. The smallest absolute Gasteiger partial charge is 0.238 e. The first-order valence-corrected chi connectivity index (χ1v) is 13.0. The monoisotopic (exact) mass is 537 g/mol. The van der Waals surface area contributed by atoms with E-state index in [1.165, 1.54) is 11.8 Å². The molecule has 192 valence electrons. The number of nitrogens with zero attached hydrogens (tertiary/aromatic N) is 2. The Morgan fingerprint density at radius 2 is 1.70 bits per heavy atom. The lowest BCUT2D eigenvalue weighted by Crippen LogP contribution is -2.46. The molecule has 1 N–H and O–H groups in total.